The SMILES string of the molecule is c1cnc2cc3c(cc2c1)CCCC3. The Labute approximate surface area is 83.8 Å². The van der Waals surface area contributed by atoms with Crippen molar-refractivity contribution in [3.8, 4) is 0 Å². The van der Waals surface area contributed by atoms with Crippen LogP contribution in [-0.2, 0) is 12.8 Å². The lowest BCUT2D eigenvalue weighted by molar-refractivity contribution is 0.687. The summed E-state index contributed by atoms with van der Waals surface area (Å²) in [5.74, 6) is 0. The molecule has 1 aliphatic rings. The Morgan fingerprint density at radius 3 is 2.64 bits per heavy atom. The Morgan fingerprint density at radius 2 is 1.79 bits per heavy atom. The van der Waals surface area contributed by atoms with Gasteiger partial charge in [0.2, 0.25) is 0 Å². The maximum absolute atomic E-state index is 4.39. The third-order valence-electron chi connectivity index (χ3n) is 3.07. The summed E-state index contributed by atoms with van der Waals surface area (Å²) in [5, 5.41) is 1.29. The minimum atomic E-state index is 1.15. The molecule has 1 aromatic heterocycles. The lowest BCUT2D eigenvalue weighted by Crippen LogP contribution is -2.02. The molecule has 1 aliphatic carbocycles. The van der Waals surface area contributed by atoms with E-state index >= 15 is 0 Å². The molecule has 2 aromatic rings. The second-order valence-corrected chi connectivity index (χ2v) is 4.02. The molecule has 1 nitrogen and oxygen atoms in total. The van der Waals surface area contributed by atoms with Gasteiger partial charge in [-0.3, -0.25) is 4.98 Å². The minimum absolute atomic E-state index is 1.15. The monoisotopic (exact) mass is 183 g/mol. The molecule has 14 heavy (non-hydrogen) atoms. The summed E-state index contributed by atoms with van der Waals surface area (Å²) in [6, 6.07) is 8.75. The first-order valence-corrected chi connectivity index (χ1v) is 5.30. The third kappa shape index (κ3) is 1.20. The third-order valence-corrected chi connectivity index (χ3v) is 3.07. The van der Waals surface area contributed by atoms with Crippen LogP contribution < -0.4 is 0 Å². The number of nitrogens with zero attached hydrogens (tertiary/aromatic N) is 1. The van der Waals surface area contributed by atoms with Gasteiger partial charge in [0.1, 0.15) is 0 Å². The van der Waals surface area contributed by atoms with E-state index in [2.05, 4.69) is 23.2 Å². The van der Waals surface area contributed by atoms with Crippen LogP contribution in [0.15, 0.2) is 30.5 Å². The summed E-state index contributed by atoms with van der Waals surface area (Å²) >= 11 is 0. The molecule has 1 heterocycles. The fourth-order valence-electron chi connectivity index (χ4n) is 2.31. The van der Waals surface area contributed by atoms with Gasteiger partial charge in [-0.05, 0) is 55.0 Å². The van der Waals surface area contributed by atoms with Crippen LogP contribution in [0, 0.1) is 0 Å². The standard InChI is InChI=1S/C13H13N/c1-2-5-11-9-13-12(6-3-7-14-13)8-10(11)4-1/h3,6-9H,1-2,4-5H2. The largest absolute Gasteiger partial charge is 0.256 e. The zero-order valence-electron chi connectivity index (χ0n) is 8.16. The summed E-state index contributed by atoms with van der Waals surface area (Å²) in [4.78, 5) is 4.39. The average Bonchev–Trinajstić information content (AvgIpc) is 2.26. The number of aryl methyl sites for hydroxylation is 2. The summed E-state index contributed by atoms with van der Waals surface area (Å²) < 4.78 is 0. The molecule has 0 radical (unpaired) electrons. The van der Waals surface area contributed by atoms with E-state index in [1.54, 1.807) is 0 Å². The summed E-state index contributed by atoms with van der Waals surface area (Å²) in [5.41, 5.74) is 4.20. The van der Waals surface area contributed by atoms with Crippen molar-refractivity contribution in [2.24, 2.45) is 0 Å². The second-order valence-electron chi connectivity index (χ2n) is 4.02. The quantitative estimate of drug-likeness (QED) is 0.611. The van der Waals surface area contributed by atoms with Crippen LogP contribution >= 0.6 is 0 Å². The Hall–Kier alpha value is -1.37. The molecule has 1 heteroatoms. The van der Waals surface area contributed by atoms with Gasteiger partial charge in [-0.15, -0.1) is 0 Å². The van der Waals surface area contributed by atoms with Crippen molar-refractivity contribution >= 4 is 10.9 Å². The molecule has 0 unspecified atom stereocenters. The highest BCUT2D eigenvalue weighted by Crippen LogP contribution is 2.25. The van der Waals surface area contributed by atoms with E-state index < -0.39 is 0 Å². The molecule has 0 N–H and O–H groups in total. The van der Waals surface area contributed by atoms with Gasteiger partial charge in [-0.2, -0.15) is 0 Å². The molecule has 0 amide bonds. The van der Waals surface area contributed by atoms with Crippen LogP contribution in [0.25, 0.3) is 10.9 Å². The molecular formula is C13H13N. The fraction of sp³-hybridized carbons (Fsp3) is 0.308. The van der Waals surface area contributed by atoms with Crippen molar-refractivity contribution in [1.82, 2.24) is 4.98 Å². The van der Waals surface area contributed by atoms with Gasteiger partial charge in [0.15, 0.2) is 0 Å². The molecule has 0 fully saturated rings. The first-order chi connectivity index (χ1) is 6.93. The normalized spacial score (nSPS) is 15.4. The number of pyridine rings is 1. The molecule has 0 saturated carbocycles. The highest BCUT2D eigenvalue weighted by molar-refractivity contribution is 5.80. The molecule has 0 atom stereocenters. The van der Waals surface area contributed by atoms with E-state index in [0.29, 0.717) is 0 Å². The first kappa shape index (κ1) is 7.98. The van der Waals surface area contributed by atoms with E-state index in [0.717, 1.165) is 5.52 Å². The summed E-state index contributed by atoms with van der Waals surface area (Å²) in [6.07, 6.45) is 7.05. The van der Waals surface area contributed by atoms with Crippen molar-refractivity contribution in [3.63, 3.8) is 0 Å². The molecule has 0 saturated heterocycles. The van der Waals surface area contributed by atoms with Crippen molar-refractivity contribution < 1.29 is 0 Å². The van der Waals surface area contributed by atoms with E-state index in [1.165, 1.54) is 42.2 Å². The second kappa shape index (κ2) is 3.09. The predicted molar refractivity (Wildman–Crippen MR) is 58.4 cm³/mol. The van der Waals surface area contributed by atoms with E-state index in [1.807, 2.05) is 12.3 Å². The van der Waals surface area contributed by atoms with E-state index in [4.69, 9.17) is 0 Å². The topological polar surface area (TPSA) is 12.9 Å². The molecule has 0 spiro atoms. The predicted octanol–water partition coefficient (Wildman–Crippen LogP) is 3.11. The van der Waals surface area contributed by atoms with Crippen molar-refractivity contribution in [2.75, 3.05) is 0 Å². The van der Waals surface area contributed by atoms with Crippen LogP contribution in [0.4, 0.5) is 0 Å². The van der Waals surface area contributed by atoms with Crippen molar-refractivity contribution in [1.29, 1.82) is 0 Å². The number of aromatic nitrogens is 1. The number of benzene rings is 1. The van der Waals surface area contributed by atoms with Crippen LogP contribution in [-0.4, -0.2) is 4.98 Å². The summed E-state index contributed by atoms with van der Waals surface area (Å²) in [7, 11) is 0. The molecule has 3 rings (SSSR count). The van der Waals surface area contributed by atoms with Gasteiger partial charge in [-0.25, -0.2) is 0 Å². The maximum atomic E-state index is 4.39. The zero-order valence-corrected chi connectivity index (χ0v) is 8.16. The van der Waals surface area contributed by atoms with E-state index in [-0.39, 0.29) is 0 Å². The molecular weight excluding hydrogens is 170 g/mol. The molecule has 0 aliphatic heterocycles. The number of hydrogen-bond donors (Lipinski definition) is 0. The highest BCUT2D eigenvalue weighted by Gasteiger charge is 2.09. The van der Waals surface area contributed by atoms with Gasteiger partial charge in [0.05, 0.1) is 5.52 Å². The number of rotatable bonds is 0. The molecule has 70 valence electrons. The Balaban J connectivity index is 2.27. The number of hydrogen-bond acceptors (Lipinski definition) is 1. The molecule has 0 bridgehead atoms. The van der Waals surface area contributed by atoms with Crippen molar-refractivity contribution in [2.45, 2.75) is 25.7 Å². The Kier molecular flexibility index (Phi) is 1.76. The fourth-order valence-corrected chi connectivity index (χ4v) is 2.31. The Morgan fingerprint density at radius 1 is 1.00 bits per heavy atom. The van der Waals surface area contributed by atoms with Crippen LogP contribution in [0.1, 0.15) is 24.0 Å². The van der Waals surface area contributed by atoms with Crippen molar-refractivity contribution in [3.05, 3.63) is 41.6 Å². The molecule has 1 aromatic carbocycles. The number of fused-ring (bicyclic) bond motifs is 2. The lowest BCUT2D eigenvalue weighted by Gasteiger charge is -2.15. The van der Waals surface area contributed by atoms with Gasteiger partial charge in [-0.1, -0.05) is 6.07 Å². The van der Waals surface area contributed by atoms with Crippen LogP contribution in [0.5, 0.6) is 0 Å². The lowest BCUT2D eigenvalue weighted by atomic mass is 9.90. The average molecular weight is 183 g/mol. The smallest absolute Gasteiger partial charge is 0.0704 e. The maximum Gasteiger partial charge on any atom is 0.0704 e. The van der Waals surface area contributed by atoms with Gasteiger partial charge >= 0.3 is 0 Å². The highest BCUT2D eigenvalue weighted by atomic mass is 14.6. The van der Waals surface area contributed by atoms with Crippen LogP contribution in [0.2, 0.25) is 0 Å². The van der Waals surface area contributed by atoms with Gasteiger partial charge in [0.25, 0.3) is 0 Å². The summed E-state index contributed by atoms with van der Waals surface area (Å²) in [6.45, 7) is 0. The zero-order chi connectivity index (χ0) is 9.38. The van der Waals surface area contributed by atoms with Crippen LogP contribution in [0.3, 0.4) is 0 Å². The first-order valence-electron chi connectivity index (χ1n) is 5.30. The van der Waals surface area contributed by atoms with Gasteiger partial charge in [0, 0.05) is 11.6 Å². The minimum Gasteiger partial charge on any atom is -0.256 e. The van der Waals surface area contributed by atoms with E-state index in [9.17, 15) is 0 Å². The Bertz CT molecular complexity index is 429. The van der Waals surface area contributed by atoms with Gasteiger partial charge < -0.3 is 0 Å².